The Balaban J connectivity index is 2.31. The summed E-state index contributed by atoms with van der Waals surface area (Å²) in [5.74, 6) is -0.664. The van der Waals surface area contributed by atoms with Gasteiger partial charge in [0.1, 0.15) is 10.6 Å². The van der Waals surface area contributed by atoms with Gasteiger partial charge < -0.3 is 16.0 Å². The van der Waals surface area contributed by atoms with Gasteiger partial charge in [-0.2, -0.15) is 0 Å². The van der Waals surface area contributed by atoms with Crippen molar-refractivity contribution in [3.8, 4) is 0 Å². The Kier molecular flexibility index (Phi) is 3.90. The van der Waals surface area contributed by atoms with E-state index in [2.05, 4.69) is 4.72 Å². The van der Waals surface area contributed by atoms with Crippen LogP contribution in [-0.2, 0) is 17.1 Å². The zero-order valence-electron chi connectivity index (χ0n) is 11.4. The molecule has 0 aromatic carbocycles. The molecule has 1 amide bonds. The van der Waals surface area contributed by atoms with Gasteiger partial charge in [0, 0.05) is 25.3 Å². The van der Waals surface area contributed by atoms with Gasteiger partial charge in [-0.25, -0.2) is 13.1 Å². The molecular formula is C12H20N4O3S. The molecule has 1 aliphatic rings. The molecule has 0 radical (unpaired) electrons. The highest BCUT2D eigenvalue weighted by Gasteiger charge is 2.37. The second-order valence-electron chi connectivity index (χ2n) is 5.33. The third kappa shape index (κ3) is 2.72. The lowest BCUT2D eigenvalue weighted by atomic mass is 10.0. The molecule has 0 atom stereocenters. The van der Waals surface area contributed by atoms with E-state index in [-0.39, 0.29) is 17.1 Å². The lowest BCUT2D eigenvalue weighted by molar-refractivity contribution is 0.0992. The molecule has 20 heavy (non-hydrogen) atoms. The van der Waals surface area contributed by atoms with Crippen molar-refractivity contribution in [3.63, 3.8) is 0 Å². The molecule has 2 rings (SSSR count). The number of rotatable bonds is 5. The maximum atomic E-state index is 12.4. The first-order chi connectivity index (χ1) is 9.30. The van der Waals surface area contributed by atoms with Crippen molar-refractivity contribution in [1.29, 1.82) is 0 Å². The number of nitrogens with two attached hydrogens (primary N) is 2. The number of carbonyl (C=O) groups is 1. The molecule has 8 heteroatoms. The minimum absolute atomic E-state index is 0.0357. The fourth-order valence-electron chi connectivity index (χ4n) is 2.67. The minimum atomic E-state index is -3.71. The van der Waals surface area contributed by atoms with Gasteiger partial charge in [-0.05, 0) is 18.9 Å². The van der Waals surface area contributed by atoms with E-state index in [0.29, 0.717) is 0 Å². The topological polar surface area (TPSA) is 120 Å². The molecule has 1 aromatic heterocycles. The third-order valence-electron chi connectivity index (χ3n) is 3.84. The fourth-order valence-corrected chi connectivity index (χ4v) is 4.21. The summed E-state index contributed by atoms with van der Waals surface area (Å²) in [6.45, 7) is 0.266. The van der Waals surface area contributed by atoms with Crippen LogP contribution in [-0.4, -0.2) is 31.0 Å². The summed E-state index contributed by atoms with van der Waals surface area (Å²) in [4.78, 5) is 11.2. The highest BCUT2D eigenvalue weighted by Crippen LogP contribution is 2.30. The number of amides is 1. The van der Waals surface area contributed by atoms with E-state index in [0.717, 1.165) is 25.7 Å². The third-order valence-corrected chi connectivity index (χ3v) is 5.39. The fraction of sp³-hybridized carbons (Fsp3) is 0.583. The van der Waals surface area contributed by atoms with E-state index >= 15 is 0 Å². The zero-order valence-corrected chi connectivity index (χ0v) is 12.2. The molecule has 0 saturated heterocycles. The Morgan fingerprint density at radius 2 is 2.05 bits per heavy atom. The molecule has 0 bridgehead atoms. The second kappa shape index (κ2) is 5.19. The predicted octanol–water partition coefficient (Wildman–Crippen LogP) is -0.326. The summed E-state index contributed by atoms with van der Waals surface area (Å²) in [7, 11) is -2.13. The summed E-state index contributed by atoms with van der Waals surface area (Å²) in [6.07, 6.45) is 4.76. The molecule has 5 N–H and O–H groups in total. The van der Waals surface area contributed by atoms with Crippen LogP contribution in [0.15, 0.2) is 17.2 Å². The summed E-state index contributed by atoms with van der Waals surface area (Å²) in [5.41, 5.74) is 10.5. The van der Waals surface area contributed by atoms with E-state index < -0.39 is 21.5 Å². The van der Waals surface area contributed by atoms with Crippen LogP contribution < -0.4 is 16.2 Å². The van der Waals surface area contributed by atoms with E-state index in [1.165, 1.54) is 16.8 Å². The van der Waals surface area contributed by atoms with E-state index in [1.54, 1.807) is 7.05 Å². The lowest BCUT2D eigenvalue weighted by Gasteiger charge is -2.27. The number of hydrogen-bond acceptors (Lipinski definition) is 4. The number of sulfonamides is 1. The number of aromatic nitrogens is 1. The van der Waals surface area contributed by atoms with Gasteiger partial charge in [0.2, 0.25) is 10.0 Å². The van der Waals surface area contributed by atoms with Crippen molar-refractivity contribution in [2.24, 2.45) is 18.5 Å². The van der Waals surface area contributed by atoms with Crippen molar-refractivity contribution >= 4 is 15.9 Å². The Bertz CT molecular complexity index is 615. The van der Waals surface area contributed by atoms with Crippen LogP contribution >= 0.6 is 0 Å². The van der Waals surface area contributed by atoms with Gasteiger partial charge in [0.25, 0.3) is 5.91 Å². The molecule has 1 aliphatic carbocycles. The molecule has 1 fully saturated rings. The van der Waals surface area contributed by atoms with E-state index in [4.69, 9.17) is 11.5 Å². The van der Waals surface area contributed by atoms with Gasteiger partial charge >= 0.3 is 0 Å². The van der Waals surface area contributed by atoms with Gasteiger partial charge in [-0.15, -0.1) is 0 Å². The van der Waals surface area contributed by atoms with Crippen LogP contribution in [0.5, 0.6) is 0 Å². The Hall–Kier alpha value is -1.38. The molecule has 1 aromatic rings. The average Bonchev–Trinajstić information content (AvgIpc) is 2.96. The van der Waals surface area contributed by atoms with Gasteiger partial charge in [0.05, 0.1) is 0 Å². The van der Waals surface area contributed by atoms with Crippen molar-refractivity contribution in [3.05, 3.63) is 18.0 Å². The zero-order chi connectivity index (χ0) is 15.0. The van der Waals surface area contributed by atoms with Crippen molar-refractivity contribution in [2.45, 2.75) is 36.1 Å². The summed E-state index contributed by atoms with van der Waals surface area (Å²) in [5, 5.41) is 0. The first-order valence-corrected chi connectivity index (χ1v) is 7.98. The molecule has 1 saturated carbocycles. The van der Waals surface area contributed by atoms with Crippen LogP contribution in [0.3, 0.4) is 0 Å². The Labute approximate surface area is 118 Å². The first-order valence-electron chi connectivity index (χ1n) is 6.50. The van der Waals surface area contributed by atoms with Gasteiger partial charge in [-0.3, -0.25) is 4.79 Å². The monoisotopic (exact) mass is 300 g/mol. The molecule has 112 valence electrons. The smallest absolute Gasteiger partial charge is 0.265 e. The Morgan fingerprint density at radius 3 is 2.50 bits per heavy atom. The largest absolute Gasteiger partial charge is 0.364 e. The number of aryl methyl sites for hydroxylation is 1. The van der Waals surface area contributed by atoms with Gasteiger partial charge in [-0.1, -0.05) is 12.8 Å². The number of carbonyl (C=O) groups excluding carboxylic acids is 1. The lowest BCUT2D eigenvalue weighted by Crippen LogP contribution is -2.51. The van der Waals surface area contributed by atoms with Gasteiger partial charge in [0.15, 0.2) is 0 Å². The average molecular weight is 300 g/mol. The second-order valence-corrected chi connectivity index (χ2v) is 7.02. The van der Waals surface area contributed by atoms with Crippen LogP contribution in [0.4, 0.5) is 0 Å². The van der Waals surface area contributed by atoms with Crippen molar-refractivity contribution in [2.75, 3.05) is 6.54 Å². The Morgan fingerprint density at radius 1 is 1.45 bits per heavy atom. The molecule has 7 nitrogen and oxygen atoms in total. The minimum Gasteiger partial charge on any atom is -0.364 e. The van der Waals surface area contributed by atoms with E-state index in [1.807, 2.05) is 0 Å². The predicted molar refractivity (Wildman–Crippen MR) is 74.5 cm³/mol. The van der Waals surface area contributed by atoms with Crippen LogP contribution in [0.25, 0.3) is 0 Å². The van der Waals surface area contributed by atoms with Crippen molar-refractivity contribution in [1.82, 2.24) is 9.29 Å². The molecule has 0 aliphatic heterocycles. The SMILES string of the molecule is Cn1cc(S(=O)(=O)NC2(CN)CCCC2)cc1C(N)=O. The molecule has 1 heterocycles. The van der Waals surface area contributed by atoms with Crippen molar-refractivity contribution < 1.29 is 13.2 Å². The maximum absolute atomic E-state index is 12.4. The number of nitrogens with one attached hydrogen (secondary N) is 1. The normalized spacial score (nSPS) is 18.3. The van der Waals surface area contributed by atoms with Crippen LogP contribution in [0, 0.1) is 0 Å². The number of hydrogen-bond donors (Lipinski definition) is 3. The summed E-state index contributed by atoms with van der Waals surface area (Å²) in [6, 6.07) is 1.28. The highest BCUT2D eigenvalue weighted by molar-refractivity contribution is 7.89. The van der Waals surface area contributed by atoms with E-state index in [9.17, 15) is 13.2 Å². The number of primary amides is 1. The van der Waals surface area contributed by atoms with Crippen LogP contribution in [0.2, 0.25) is 0 Å². The quantitative estimate of drug-likeness (QED) is 0.689. The highest BCUT2D eigenvalue weighted by atomic mass is 32.2. The summed E-state index contributed by atoms with van der Waals surface area (Å²) < 4.78 is 28.9. The molecule has 0 unspecified atom stereocenters. The molecule has 0 spiro atoms. The number of nitrogens with zero attached hydrogens (tertiary/aromatic N) is 1. The van der Waals surface area contributed by atoms with Crippen LogP contribution in [0.1, 0.15) is 36.2 Å². The molecular weight excluding hydrogens is 280 g/mol. The summed E-state index contributed by atoms with van der Waals surface area (Å²) >= 11 is 0. The maximum Gasteiger partial charge on any atom is 0.265 e. The first kappa shape index (κ1) is 15.0. The standard InChI is InChI=1S/C12H20N4O3S/c1-16-7-9(6-10(16)11(14)17)20(18,19)15-12(8-13)4-2-3-5-12/h6-7,15H,2-5,8,13H2,1H3,(H2,14,17).